The average Bonchev–Trinajstić information content (AvgIpc) is 2.77. The predicted octanol–water partition coefficient (Wildman–Crippen LogP) is 4.30. The first-order valence-electron chi connectivity index (χ1n) is 6.88. The fraction of sp³-hybridized carbons (Fsp3) is 0.600. The molecule has 100 valence electrons. The number of halogens is 2. The Bertz CT molecular complexity index is 394. The van der Waals surface area contributed by atoms with Gasteiger partial charge in [-0.25, -0.2) is 4.39 Å². The summed E-state index contributed by atoms with van der Waals surface area (Å²) in [6, 6.07) is 5.99. The van der Waals surface area contributed by atoms with Gasteiger partial charge in [0.15, 0.2) is 0 Å². The molecule has 1 fully saturated rings. The minimum Gasteiger partial charge on any atom is -0.314 e. The molecule has 3 heteroatoms. The van der Waals surface area contributed by atoms with Crippen LogP contribution in [0.15, 0.2) is 22.7 Å². The highest BCUT2D eigenvalue weighted by Gasteiger charge is 2.27. The van der Waals surface area contributed by atoms with Gasteiger partial charge in [0.25, 0.3) is 0 Å². The molecule has 1 aliphatic rings. The van der Waals surface area contributed by atoms with Gasteiger partial charge in [0, 0.05) is 10.5 Å². The van der Waals surface area contributed by atoms with Crippen molar-refractivity contribution in [2.45, 2.75) is 45.1 Å². The standard InChI is InChI=1S/C15H21BrFN/c1-2-8-18-15-5-3-4-12(15)9-11-6-7-13(16)10-14(11)17/h6-7,10,12,15,18H,2-5,8-9H2,1H3. The van der Waals surface area contributed by atoms with E-state index in [4.69, 9.17) is 0 Å². The van der Waals surface area contributed by atoms with E-state index in [1.165, 1.54) is 19.3 Å². The molecule has 1 aromatic rings. The van der Waals surface area contributed by atoms with Crippen molar-refractivity contribution in [1.29, 1.82) is 0 Å². The van der Waals surface area contributed by atoms with E-state index in [1.54, 1.807) is 6.07 Å². The molecule has 0 heterocycles. The van der Waals surface area contributed by atoms with Crippen LogP contribution in [0.2, 0.25) is 0 Å². The van der Waals surface area contributed by atoms with E-state index >= 15 is 0 Å². The summed E-state index contributed by atoms with van der Waals surface area (Å²) in [4.78, 5) is 0. The summed E-state index contributed by atoms with van der Waals surface area (Å²) in [6.07, 6.45) is 5.75. The fourth-order valence-corrected chi connectivity index (χ4v) is 3.18. The summed E-state index contributed by atoms with van der Waals surface area (Å²) >= 11 is 3.30. The van der Waals surface area contributed by atoms with Gasteiger partial charge < -0.3 is 5.32 Å². The van der Waals surface area contributed by atoms with Crippen molar-refractivity contribution in [2.24, 2.45) is 5.92 Å². The third-order valence-electron chi connectivity index (χ3n) is 3.81. The number of benzene rings is 1. The van der Waals surface area contributed by atoms with Crippen LogP contribution in [0.3, 0.4) is 0 Å². The molecule has 0 aromatic heterocycles. The molecule has 1 nitrogen and oxygen atoms in total. The minimum absolute atomic E-state index is 0.0782. The van der Waals surface area contributed by atoms with Gasteiger partial charge in [0.05, 0.1) is 0 Å². The fourth-order valence-electron chi connectivity index (χ4n) is 2.85. The molecule has 1 N–H and O–H groups in total. The van der Waals surface area contributed by atoms with Crippen LogP contribution in [0.25, 0.3) is 0 Å². The molecule has 0 saturated heterocycles. The Morgan fingerprint density at radius 3 is 2.94 bits per heavy atom. The maximum atomic E-state index is 13.8. The van der Waals surface area contributed by atoms with E-state index in [-0.39, 0.29) is 5.82 Å². The van der Waals surface area contributed by atoms with Crippen LogP contribution >= 0.6 is 15.9 Å². The van der Waals surface area contributed by atoms with Crippen molar-refractivity contribution in [2.75, 3.05) is 6.54 Å². The molecule has 0 spiro atoms. The molecule has 2 atom stereocenters. The first kappa shape index (κ1) is 14.0. The van der Waals surface area contributed by atoms with E-state index < -0.39 is 0 Å². The summed E-state index contributed by atoms with van der Waals surface area (Å²) in [7, 11) is 0. The Labute approximate surface area is 117 Å². The van der Waals surface area contributed by atoms with Crippen LogP contribution < -0.4 is 5.32 Å². The molecule has 0 bridgehead atoms. The minimum atomic E-state index is -0.0782. The Balaban J connectivity index is 1.99. The molecule has 0 amide bonds. The zero-order chi connectivity index (χ0) is 13.0. The second-order valence-electron chi connectivity index (χ2n) is 5.19. The molecular formula is C15H21BrFN. The van der Waals surface area contributed by atoms with Crippen LogP contribution in [0.5, 0.6) is 0 Å². The molecule has 0 radical (unpaired) electrons. The van der Waals surface area contributed by atoms with Crippen molar-refractivity contribution in [3.63, 3.8) is 0 Å². The zero-order valence-corrected chi connectivity index (χ0v) is 12.5. The van der Waals surface area contributed by atoms with E-state index in [0.717, 1.165) is 29.4 Å². The van der Waals surface area contributed by atoms with Crippen LogP contribution in [0.1, 0.15) is 38.2 Å². The molecule has 2 rings (SSSR count). The Morgan fingerprint density at radius 2 is 2.22 bits per heavy atom. The number of rotatable bonds is 5. The lowest BCUT2D eigenvalue weighted by Crippen LogP contribution is -2.34. The monoisotopic (exact) mass is 313 g/mol. The van der Waals surface area contributed by atoms with Gasteiger partial charge >= 0.3 is 0 Å². The SMILES string of the molecule is CCCNC1CCCC1Cc1ccc(Br)cc1F. The van der Waals surface area contributed by atoms with Gasteiger partial charge in [-0.3, -0.25) is 0 Å². The molecule has 1 saturated carbocycles. The van der Waals surface area contributed by atoms with E-state index in [0.29, 0.717) is 12.0 Å². The first-order valence-corrected chi connectivity index (χ1v) is 7.67. The van der Waals surface area contributed by atoms with Gasteiger partial charge in [-0.15, -0.1) is 0 Å². The van der Waals surface area contributed by atoms with Crippen molar-refractivity contribution >= 4 is 15.9 Å². The lowest BCUT2D eigenvalue weighted by molar-refractivity contribution is 0.394. The summed E-state index contributed by atoms with van der Waals surface area (Å²) in [5.41, 5.74) is 0.855. The normalized spacial score (nSPS) is 23.5. The van der Waals surface area contributed by atoms with Gasteiger partial charge in [-0.2, -0.15) is 0 Å². The largest absolute Gasteiger partial charge is 0.314 e. The summed E-state index contributed by atoms with van der Waals surface area (Å²) in [6.45, 7) is 3.26. The molecule has 1 aromatic carbocycles. The highest BCUT2D eigenvalue weighted by Crippen LogP contribution is 2.30. The van der Waals surface area contributed by atoms with Crippen LogP contribution in [-0.2, 0) is 6.42 Å². The van der Waals surface area contributed by atoms with Crippen molar-refractivity contribution in [1.82, 2.24) is 5.32 Å². The third kappa shape index (κ3) is 3.55. The first-order chi connectivity index (χ1) is 8.70. The van der Waals surface area contributed by atoms with Crippen molar-refractivity contribution in [3.8, 4) is 0 Å². The van der Waals surface area contributed by atoms with Crippen LogP contribution in [0, 0.1) is 11.7 Å². The lowest BCUT2D eigenvalue weighted by Gasteiger charge is -2.21. The van der Waals surface area contributed by atoms with Gasteiger partial charge in [-0.05, 0) is 55.8 Å². The number of hydrogen-bond acceptors (Lipinski definition) is 1. The van der Waals surface area contributed by atoms with Gasteiger partial charge in [-0.1, -0.05) is 35.3 Å². The third-order valence-corrected chi connectivity index (χ3v) is 4.31. The smallest absolute Gasteiger partial charge is 0.127 e. The lowest BCUT2D eigenvalue weighted by atomic mass is 9.94. The predicted molar refractivity (Wildman–Crippen MR) is 77.2 cm³/mol. The Morgan fingerprint density at radius 1 is 1.39 bits per heavy atom. The maximum Gasteiger partial charge on any atom is 0.127 e. The summed E-state index contributed by atoms with van der Waals surface area (Å²) in [5.74, 6) is 0.512. The topological polar surface area (TPSA) is 12.0 Å². The molecule has 18 heavy (non-hydrogen) atoms. The summed E-state index contributed by atoms with van der Waals surface area (Å²) in [5, 5.41) is 3.60. The second kappa shape index (κ2) is 6.67. The summed E-state index contributed by atoms with van der Waals surface area (Å²) < 4.78 is 14.6. The quantitative estimate of drug-likeness (QED) is 0.854. The number of hydrogen-bond donors (Lipinski definition) is 1. The molecule has 0 aliphatic heterocycles. The van der Waals surface area contributed by atoms with Crippen LogP contribution in [0.4, 0.5) is 4.39 Å². The van der Waals surface area contributed by atoms with Crippen molar-refractivity contribution in [3.05, 3.63) is 34.1 Å². The Kier molecular flexibility index (Phi) is 5.19. The molecular weight excluding hydrogens is 293 g/mol. The Hall–Kier alpha value is -0.410. The highest BCUT2D eigenvalue weighted by molar-refractivity contribution is 9.10. The van der Waals surface area contributed by atoms with E-state index in [2.05, 4.69) is 28.2 Å². The van der Waals surface area contributed by atoms with Crippen LogP contribution in [-0.4, -0.2) is 12.6 Å². The second-order valence-corrected chi connectivity index (χ2v) is 6.11. The van der Waals surface area contributed by atoms with Gasteiger partial charge in [0.1, 0.15) is 5.82 Å². The van der Waals surface area contributed by atoms with Gasteiger partial charge in [0.2, 0.25) is 0 Å². The highest BCUT2D eigenvalue weighted by atomic mass is 79.9. The van der Waals surface area contributed by atoms with Crippen molar-refractivity contribution < 1.29 is 4.39 Å². The molecule has 2 unspecified atom stereocenters. The number of nitrogens with one attached hydrogen (secondary N) is 1. The van der Waals surface area contributed by atoms with E-state index in [1.807, 2.05) is 12.1 Å². The maximum absolute atomic E-state index is 13.8. The zero-order valence-electron chi connectivity index (χ0n) is 10.9. The van der Waals surface area contributed by atoms with E-state index in [9.17, 15) is 4.39 Å². The molecule has 1 aliphatic carbocycles. The average molecular weight is 314 g/mol.